The molecule has 0 aliphatic carbocycles. The van der Waals surface area contributed by atoms with Gasteiger partial charge in [-0.25, -0.2) is 13.2 Å². The second-order valence-electron chi connectivity index (χ2n) is 5.12. The molecule has 21 heavy (non-hydrogen) atoms. The van der Waals surface area contributed by atoms with Crippen LogP contribution in [0.15, 0.2) is 18.2 Å². The maximum Gasteiger partial charge on any atom is 0.340 e. The molecule has 1 aliphatic heterocycles. The summed E-state index contributed by atoms with van der Waals surface area (Å²) in [6, 6.07) is 4.96. The average molecular weight is 312 g/mol. The summed E-state index contributed by atoms with van der Waals surface area (Å²) in [4.78, 5) is 13.8. The normalized spacial score (nSPS) is 21.0. The Balaban J connectivity index is 2.33. The summed E-state index contributed by atoms with van der Waals surface area (Å²) in [6.07, 6.45) is 0. The number of nitrogen functional groups attached to an aromatic ring is 1. The number of benzene rings is 1. The van der Waals surface area contributed by atoms with Gasteiger partial charge in [0, 0.05) is 12.6 Å². The van der Waals surface area contributed by atoms with Crippen LogP contribution in [0.3, 0.4) is 0 Å². The summed E-state index contributed by atoms with van der Waals surface area (Å²) < 4.78 is 28.3. The zero-order valence-electron chi connectivity index (χ0n) is 12.2. The van der Waals surface area contributed by atoms with E-state index in [9.17, 15) is 13.2 Å². The number of sulfone groups is 1. The lowest BCUT2D eigenvalue weighted by atomic mass is 10.1. The first-order valence-electron chi connectivity index (χ1n) is 6.88. The monoisotopic (exact) mass is 312 g/mol. The van der Waals surface area contributed by atoms with Crippen molar-refractivity contribution in [3.8, 4) is 0 Å². The minimum Gasteiger partial charge on any atom is -0.462 e. The van der Waals surface area contributed by atoms with Crippen LogP contribution in [-0.4, -0.2) is 45.1 Å². The molecule has 1 aliphatic rings. The minimum atomic E-state index is -2.99. The van der Waals surface area contributed by atoms with Gasteiger partial charge in [0.25, 0.3) is 0 Å². The first-order valence-corrected chi connectivity index (χ1v) is 8.70. The Bertz CT molecular complexity index is 642. The maximum absolute atomic E-state index is 11.9. The van der Waals surface area contributed by atoms with Crippen LogP contribution in [0.1, 0.15) is 24.2 Å². The van der Waals surface area contributed by atoms with Crippen LogP contribution >= 0.6 is 0 Å². The van der Waals surface area contributed by atoms with Gasteiger partial charge in [0.05, 0.1) is 35.1 Å². The summed E-state index contributed by atoms with van der Waals surface area (Å²) in [5, 5.41) is 0. The first kappa shape index (κ1) is 15.6. The highest BCUT2D eigenvalue weighted by Gasteiger charge is 2.30. The van der Waals surface area contributed by atoms with Crippen molar-refractivity contribution in [2.45, 2.75) is 19.9 Å². The minimum absolute atomic E-state index is 0.0933. The molecule has 116 valence electrons. The number of hydrogen-bond donors (Lipinski definition) is 1. The molecule has 2 N–H and O–H groups in total. The molecule has 1 heterocycles. The molecule has 1 fully saturated rings. The third-order valence-corrected chi connectivity index (χ3v) is 5.35. The summed E-state index contributed by atoms with van der Waals surface area (Å²) in [7, 11) is -2.99. The van der Waals surface area contributed by atoms with Gasteiger partial charge in [0.2, 0.25) is 0 Å². The Morgan fingerprint density at radius 2 is 2.19 bits per heavy atom. The van der Waals surface area contributed by atoms with Gasteiger partial charge in [-0.15, -0.1) is 0 Å². The van der Waals surface area contributed by atoms with Crippen molar-refractivity contribution >= 4 is 27.2 Å². The fourth-order valence-corrected chi connectivity index (χ4v) is 4.10. The lowest BCUT2D eigenvalue weighted by molar-refractivity contribution is 0.0527. The van der Waals surface area contributed by atoms with Crippen LogP contribution in [0.2, 0.25) is 0 Å². The van der Waals surface area contributed by atoms with E-state index in [0.29, 0.717) is 23.5 Å². The molecule has 0 aromatic heterocycles. The number of ether oxygens (including phenoxy) is 1. The lowest BCUT2D eigenvalue weighted by Crippen LogP contribution is -2.47. The highest BCUT2D eigenvalue weighted by Crippen LogP contribution is 2.30. The number of esters is 1. The molecule has 1 saturated heterocycles. The van der Waals surface area contributed by atoms with Gasteiger partial charge in [-0.2, -0.15) is 0 Å². The number of rotatable bonds is 3. The van der Waals surface area contributed by atoms with Crippen molar-refractivity contribution in [1.82, 2.24) is 0 Å². The number of anilines is 2. The highest BCUT2D eigenvalue weighted by molar-refractivity contribution is 7.91. The number of carbonyl (C=O) groups excluding carboxylic acids is 1. The predicted octanol–water partition coefficient (Wildman–Crippen LogP) is 1.07. The number of nitrogens with two attached hydrogens (primary N) is 1. The van der Waals surface area contributed by atoms with Crippen molar-refractivity contribution < 1.29 is 17.9 Å². The third-order valence-electron chi connectivity index (χ3n) is 3.56. The van der Waals surface area contributed by atoms with Crippen LogP contribution in [-0.2, 0) is 14.6 Å². The summed E-state index contributed by atoms with van der Waals surface area (Å²) in [5.74, 6) is -0.273. The van der Waals surface area contributed by atoms with Crippen LogP contribution < -0.4 is 10.6 Å². The van der Waals surface area contributed by atoms with E-state index in [-0.39, 0.29) is 24.2 Å². The molecule has 1 aromatic rings. The third kappa shape index (κ3) is 3.29. The quantitative estimate of drug-likeness (QED) is 0.663. The van der Waals surface area contributed by atoms with Gasteiger partial charge in [0.1, 0.15) is 0 Å². The molecule has 0 radical (unpaired) electrons. The fourth-order valence-electron chi connectivity index (χ4n) is 2.55. The van der Waals surface area contributed by atoms with Crippen molar-refractivity contribution in [3.63, 3.8) is 0 Å². The second kappa shape index (κ2) is 5.93. The summed E-state index contributed by atoms with van der Waals surface area (Å²) in [6.45, 7) is 4.23. The van der Waals surface area contributed by atoms with Crippen LogP contribution in [0.25, 0.3) is 0 Å². The van der Waals surface area contributed by atoms with Crippen molar-refractivity contribution in [3.05, 3.63) is 23.8 Å². The highest BCUT2D eigenvalue weighted by atomic mass is 32.2. The Hall–Kier alpha value is -1.76. The molecule has 6 nitrogen and oxygen atoms in total. The molecular weight excluding hydrogens is 292 g/mol. The van der Waals surface area contributed by atoms with Crippen molar-refractivity contribution in [2.24, 2.45) is 0 Å². The zero-order chi connectivity index (χ0) is 15.6. The van der Waals surface area contributed by atoms with E-state index in [1.165, 1.54) is 0 Å². The standard InChI is InChI=1S/C14H20N2O4S/c1-3-20-14(17)11-5-4-6-12(13(11)15)16-7-8-21(18,19)9-10(16)2/h4-6,10H,3,7-9,15H2,1-2H3. The molecule has 2 rings (SSSR count). The van der Waals surface area contributed by atoms with E-state index in [2.05, 4.69) is 0 Å². The van der Waals surface area contributed by atoms with Crippen LogP contribution in [0.5, 0.6) is 0 Å². The largest absolute Gasteiger partial charge is 0.462 e. The van der Waals surface area contributed by atoms with Crippen LogP contribution in [0, 0.1) is 0 Å². The van der Waals surface area contributed by atoms with Gasteiger partial charge in [0.15, 0.2) is 9.84 Å². The molecule has 7 heteroatoms. The molecule has 0 amide bonds. The number of nitrogens with zero attached hydrogens (tertiary/aromatic N) is 1. The van der Waals surface area contributed by atoms with E-state index >= 15 is 0 Å². The summed E-state index contributed by atoms with van der Waals surface area (Å²) >= 11 is 0. The number of hydrogen-bond acceptors (Lipinski definition) is 6. The fraction of sp³-hybridized carbons (Fsp3) is 0.500. The first-order chi connectivity index (χ1) is 9.85. The second-order valence-corrected chi connectivity index (χ2v) is 7.34. The van der Waals surface area contributed by atoms with E-state index in [4.69, 9.17) is 10.5 Å². The molecule has 0 spiro atoms. The zero-order valence-corrected chi connectivity index (χ0v) is 13.0. The van der Waals surface area contributed by atoms with Crippen LogP contribution in [0.4, 0.5) is 11.4 Å². The molecule has 1 atom stereocenters. The SMILES string of the molecule is CCOC(=O)c1cccc(N2CCS(=O)(=O)CC2C)c1N. The number of carbonyl (C=O) groups is 1. The van der Waals surface area contributed by atoms with E-state index in [0.717, 1.165) is 0 Å². The Morgan fingerprint density at radius 3 is 2.81 bits per heavy atom. The molecule has 0 saturated carbocycles. The van der Waals surface area contributed by atoms with Gasteiger partial charge in [-0.05, 0) is 26.0 Å². The van der Waals surface area contributed by atoms with Gasteiger partial charge in [-0.1, -0.05) is 6.07 Å². The molecule has 0 bridgehead atoms. The summed E-state index contributed by atoms with van der Waals surface area (Å²) in [5.41, 5.74) is 7.42. The van der Waals surface area contributed by atoms with Crippen molar-refractivity contribution in [1.29, 1.82) is 0 Å². The smallest absolute Gasteiger partial charge is 0.340 e. The topological polar surface area (TPSA) is 89.7 Å². The van der Waals surface area contributed by atoms with Crippen molar-refractivity contribution in [2.75, 3.05) is 35.3 Å². The van der Waals surface area contributed by atoms with E-state index in [1.54, 1.807) is 25.1 Å². The predicted molar refractivity (Wildman–Crippen MR) is 82.3 cm³/mol. The Morgan fingerprint density at radius 1 is 1.48 bits per heavy atom. The number of para-hydroxylation sites is 1. The molecular formula is C14H20N2O4S. The molecule has 1 unspecified atom stereocenters. The Labute approximate surface area is 124 Å². The van der Waals surface area contributed by atoms with E-state index in [1.807, 2.05) is 11.8 Å². The van der Waals surface area contributed by atoms with Gasteiger partial charge < -0.3 is 15.4 Å². The average Bonchev–Trinajstić information content (AvgIpc) is 2.39. The lowest BCUT2D eigenvalue weighted by Gasteiger charge is -2.36. The maximum atomic E-state index is 11.9. The Kier molecular flexibility index (Phi) is 4.41. The van der Waals surface area contributed by atoms with Gasteiger partial charge in [-0.3, -0.25) is 0 Å². The van der Waals surface area contributed by atoms with Gasteiger partial charge >= 0.3 is 5.97 Å². The van der Waals surface area contributed by atoms with E-state index < -0.39 is 15.8 Å². The molecule has 1 aromatic carbocycles.